The van der Waals surface area contributed by atoms with E-state index < -0.39 is 0 Å². The fourth-order valence-electron chi connectivity index (χ4n) is 1.43. The van der Waals surface area contributed by atoms with Crippen molar-refractivity contribution in [2.24, 2.45) is 0 Å². The van der Waals surface area contributed by atoms with Crippen molar-refractivity contribution in [3.05, 3.63) is 63.0 Å². The van der Waals surface area contributed by atoms with E-state index in [9.17, 15) is 4.79 Å². The summed E-state index contributed by atoms with van der Waals surface area (Å²) in [5, 5.41) is 9.15. The van der Waals surface area contributed by atoms with Crippen LogP contribution < -0.4 is 5.56 Å². The lowest BCUT2D eigenvalue weighted by Crippen LogP contribution is -2.20. The maximum absolute atomic E-state index is 11.7. The van der Waals surface area contributed by atoms with Crippen molar-refractivity contribution in [3.63, 3.8) is 0 Å². The standard InChI is InChI=1S/C12H10BrNO2/c13-11-2-1-7-14(12(11)16)8-9-3-5-10(15)6-4-9/h1-7,15H,8H2. The summed E-state index contributed by atoms with van der Waals surface area (Å²) in [6.07, 6.45) is 1.74. The molecule has 0 spiro atoms. The molecule has 0 aliphatic heterocycles. The van der Waals surface area contributed by atoms with Gasteiger partial charge in [0.15, 0.2) is 0 Å². The molecule has 1 aromatic carbocycles. The number of rotatable bonds is 2. The van der Waals surface area contributed by atoms with Crippen LogP contribution in [0.15, 0.2) is 51.9 Å². The first-order valence-electron chi connectivity index (χ1n) is 4.80. The highest BCUT2D eigenvalue weighted by atomic mass is 79.9. The quantitative estimate of drug-likeness (QED) is 0.917. The van der Waals surface area contributed by atoms with Gasteiger partial charge in [-0.15, -0.1) is 0 Å². The van der Waals surface area contributed by atoms with Crippen molar-refractivity contribution in [2.45, 2.75) is 6.54 Å². The van der Waals surface area contributed by atoms with Crippen molar-refractivity contribution < 1.29 is 5.11 Å². The molecule has 0 aliphatic rings. The number of phenolic OH excluding ortho intramolecular Hbond substituents is 1. The van der Waals surface area contributed by atoms with Crippen LogP contribution in [0.25, 0.3) is 0 Å². The number of aromatic hydroxyl groups is 1. The van der Waals surface area contributed by atoms with Crippen LogP contribution in [0.1, 0.15) is 5.56 Å². The zero-order valence-electron chi connectivity index (χ0n) is 8.43. The monoisotopic (exact) mass is 279 g/mol. The van der Waals surface area contributed by atoms with Crippen molar-refractivity contribution >= 4 is 15.9 Å². The Morgan fingerprint density at radius 3 is 2.56 bits per heavy atom. The van der Waals surface area contributed by atoms with Crippen LogP contribution in [0, 0.1) is 0 Å². The second-order valence-electron chi connectivity index (χ2n) is 3.46. The summed E-state index contributed by atoms with van der Waals surface area (Å²) in [5.74, 6) is 0.227. The van der Waals surface area contributed by atoms with Gasteiger partial charge in [0.05, 0.1) is 11.0 Å². The maximum Gasteiger partial charge on any atom is 0.265 e. The Morgan fingerprint density at radius 2 is 1.88 bits per heavy atom. The van der Waals surface area contributed by atoms with Crippen LogP contribution in [0.3, 0.4) is 0 Å². The second kappa shape index (κ2) is 4.53. The van der Waals surface area contributed by atoms with E-state index in [4.69, 9.17) is 5.11 Å². The molecule has 1 heterocycles. The molecule has 0 saturated carbocycles. The van der Waals surface area contributed by atoms with Crippen molar-refractivity contribution in [3.8, 4) is 5.75 Å². The lowest BCUT2D eigenvalue weighted by Gasteiger charge is -2.05. The zero-order valence-corrected chi connectivity index (χ0v) is 10.0. The Labute approximate surface area is 101 Å². The molecular weight excluding hydrogens is 270 g/mol. The largest absolute Gasteiger partial charge is 0.508 e. The number of hydrogen-bond donors (Lipinski definition) is 1. The number of halogens is 1. The molecule has 16 heavy (non-hydrogen) atoms. The minimum Gasteiger partial charge on any atom is -0.508 e. The third-order valence-corrected chi connectivity index (χ3v) is 2.87. The third-order valence-electron chi connectivity index (χ3n) is 2.26. The molecule has 0 radical (unpaired) electrons. The summed E-state index contributed by atoms with van der Waals surface area (Å²) < 4.78 is 2.16. The van der Waals surface area contributed by atoms with Gasteiger partial charge >= 0.3 is 0 Å². The molecule has 2 aromatic rings. The first-order chi connectivity index (χ1) is 7.66. The summed E-state index contributed by atoms with van der Waals surface area (Å²) in [5.41, 5.74) is 0.911. The van der Waals surface area contributed by atoms with E-state index in [1.165, 1.54) is 0 Å². The van der Waals surface area contributed by atoms with Gasteiger partial charge in [0.25, 0.3) is 5.56 Å². The zero-order chi connectivity index (χ0) is 11.5. The molecule has 2 rings (SSSR count). The van der Waals surface area contributed by atoms with Gasteiger partial charge in [-0.25, -0.2) is 0 Å². The van der Waals surface area contributed by atoms with Gasteiger partial charge < -0.3 is 9.67 Å². The Morgan fingerprint density at radius 1 is 1.19 bits per heavy atom. The Hall–Kier alpha value is -1.55. The molecule has 4 heteroatoms. The Bertz CT molecular complexity index is 546. The van der Waals surface area contributed by atoms with E-state index >= 15 is 0 Å². The SMILES string of the molecule is O=c1c(Br)cccn1Cc1ccc(O)cc1. The predicted molar refractivity (Wildman–Crippen MR) is 65.6 cm³/mol. The molecule has 0 amide bonds. The molecule has 0 atom stereocenters. The summed E-state index contributed by atoms with van der Waals surface area (Å²) in [6.45, 7) is 0.499. The fraction of sp³-hybridized carbons (Fsp3) is 0.0833. The minimum absolute atomic E-state index is 0.0597. The van der Waals surface area contributed by atoms with E-state index in [-0.39, 0.29) is 11.3 Å². The molecule has 0 saturated heterocycles. The summed E-state index contributed by atoms with van der Waals surface area (Å²) in [6, 6.07) is 10.3. The highest BCUT2D eigenvalue weighted by Gasteiger charge is 2.00. The summed E-state index contributed by atoms with van der Waals surface area (Å²) in [7, 11) is 0. The third kappa shape index (κ3) is 2.33. The van der Waals surface area contributed by atoms with Crippen molar-refractivity contribution in [2.75, 3.05) is 0 Å². The smallest absolute Gasteiger partial charge is 0.265 e. The average molecular weight is 280 g/mol. The van der Waals surface area contributed by atoms with Crippen LogP contribution in [0.5, 0.6) is 5.75 Å². The van der Waals surface area contributed by atoms with Gasteiger partial charge in [0.2, 0.25) is 0 Å². The van der Waals surface area contributed by atoms with E-state index in [2.05, 4.69) is 15.9 Å². The van der Waals surface area contributed by atoms with E-state index in [1.807, 2.05) is 6.07 Å². The average Bonchev–Trinajstić information content (AvgIpc) is 2.28. The van der Waals surface area contributed by atoms with Crippen LogP contribution in [-0.4, -0.2) is 9.67 Å². The highest BCUT2D eigenvalue weighted by molar-refractivity contribution is 9.10. The molecule has 3 nitrogen and oxygen atoms in total. The molecule has 0 unspecified atom stereocenters. The van der Waals surface area contributed by atoms with Gasteiger partial charge in [-0.05, 0) is 45.8 Å². The first kappa shape index (κ1) is 11.0. The van der Waals surface area contributed by atoms with Crippen molar-refractivity contribution in [1.82, 2.24) is 4.57 Å². The number of aromatic nitrogens is 1. The highest BCUT2D eigenvalue weighted by Crippen LogP contribution is 2.10. The van der Waals surface area contributed by atoms with E-state index in [1.54, 1.807) is 41.1 Å². The number of phenols is 1. The predicted octanol–water partition coefficient (Wildman–Crippen LogP) is 2.36. The molecule has 0 fully saturated rings. The van der Waals surface area contributed by atoms with Gasteiger partial charge in [0, 0.05) is 6.20 Å². The van der Waals surface area contributed by atoms with Gasteiger partial charge in [-0.1, -0.05) is 12.1 Å². The van der Waals surface area contributed by atoms with E-state index in [0.29, 0.717) is 11.0 Å². The number of pyridine rings is 1. The second-order valence-corrected chi connectivity index (χ2v) is 4.31. The summed E-state index contributed by atoms with van der Waals surface area (Å²) in [4.78, 5) is 11.7. The van der Waals surface area contributed by atoms with Crippen LogP contribution in [-0.2, 0) is 6.54 Å². The number of hydrogen-bond acceptors (Lipinski definition) is 2. The topological polar surface area (TPSA) is 42.2 Å². The van der Waals surface area contributed by atoms with Crippen molar-refractivity contribution in [1.29, 1.82) is 0 Å². The van der Waals surface area contributed by atoms with E-state index in [0.717, 1.165) is 5.56 Å². The number of nitrogens with zero attached hydrogens (tertiary/aromatic N) is 1. The van der Waals surface area contributed by atoms with Crippen LogP contribution in [0.2, 0.25) is 0 Å². The lowest BCUT2D eigenvalue weighted by molar-refractivity contribution is 0.475. The normalized spacial score (nSPS) is 10.3. The Kier molecular flexibility index (Phi) is 3.10. The number of benzene rings is 1. The molecule has 1 N–H and O–H groups in total. The minimum atomic E-state index is -0.0597. The lowest BCUT2D eigenvalue weighted by atomic mass is 10.2. The van der Waals surface area contributed by atoms with Crippen LogP contribution >= 0.6 is 15.9 Å². The fourth-order valence-corrected chi connectivity index (χ4v) is 1.81. The van der Waals surface area contributed by atoms with Crippen LogP contribution in [0.4, 0.5) is 0 Å². The molecule has 1 aromatic heterocycles. The summed E-state index contributed by atoms with van der Waals surface area (Å²) >= 11 is 3.20. The first-order valence-corrected chi connectivity index (χ1v) is 5.59. The maximum atomic E-state index is 11.7. The Balaban J connectivity index is 2.31. The molecule has 0 bridgehead atoms. The van der Waals surface area contributed by atoms with Gasteiger partial charge in [-0.3, -0.25) is 4.79 Å². The molecule has 0 aliphatic carbocycles. The molecule has 82 valence electrons. The van der Waals surface area contributed by atoms with Gasteiger partial charge in [0.1, 0.15) is 5.75 Å². The van der Waals surface area contributed by atoms with Gasteiger partial charge in [-0.2, -0.15) is 0 Å². The molecular formula is C12H10BrNO2.